The number of fused-ring (bicyclic) bond motifs is 3. The number of hydrogen-bond acceptors (Lipinski definition) is 7. The van der Waals surface area contributed by atoms with Crippen molar-refractivity contribution in [2.24, 2.45) is 0 Å². The van der Waals surface area contributed by atoms with Crippen molar-refractivity contribution >= 4 is 60.7 Å². The molecule has 0 saturated carbocycles. The molecule has 1 aliphatic rings. The van der Waals surface area contributed by atoms with Gasteiger partial charge in [0.1, 0.15) is 10.0 Å². The predicted molar refractivity (Wildman–Crippen MR) is 119 cm³/mol. The maximum absolute atomic E-state index is 12.9. The lowest BCUT2D eigenvalue weighted by molar-refractivity contribution is 0.0990. The molecule has 5 aromatic rings. The summed E-state index contributed by atoms with van der Waals surface area (Å²) in [5.74, 6) is -0.494. The van der Waals surface area contributed by atoms with Crippen molar-refractivity contribution < 1.29 is 9.59 Å². The van der Waals surface area contributed by atoms with Gasteiger partial charge in [0.2, 0.25) is 0 Å². The van der Waals surface area contributed by atoms with Crippen LogP contribution in [0.5, 0.6) is 0 Å². The monoisotopic (exact) mass is 425 g/mol. The molecule has 0 saturated heterocycles. The summed E-state index contributed by atoms with van der Waals surface area (Å²) in [7, 11) is 0. The fraction of sp³-hybridized carbons (Fsp3) is 0. The van der Waals surface area contributed by atoms with E-state index >= 15 is 0 Å². The molecular weight excluding hydrogens is 414 g/mol. The van der Waals surface area contributed by atoms with Crippen molar-refractivity contribution in [2.75, 3.05) is 0 Å². The van der Waals surface area contributed by atoms with Gasteiger partial charge in [0, 0.05) is 29.1 Å². The standard InChI is InChI=1S/C23H11N3O2S2/c27-19-15-8-12-4-1-2-5-13(12)9-16(15)20(28)17(19)10-18-25-22-23(29-18)26-21(30-22)14-6-3-7-24-11-14/h1-11H. The molecule has 2 aromatic carbocycles. The molecule has 0 atom stereocenters. The van der Waals surface area contributed by atoms with E-state index in [1.807, 2.05) is 36.4 Å². The van der Waals surface area contributed by atoms with Crippen LogP contribution in [0.4, 0.5) is 0 Å². The summed E-state index contributed by atoms with van der Waals surface area (Å²) < 4.78 is 0. The summed E-state index contributed by atoms with van der Waals surface area (Å²) in [6.45, 7) is 0. The first-order valence-corrected chi connectivity index (χ1v) is 10.8. The van der Waals surface area contributed by atoms with Crippen molar-refractivity contribution in [3.63, 3.8) is 0 Å². The van der Waals surface area contributed by atoms with Gasteiger partial charge in [0.15, 0.2) is 21.2 Å². The van der Waals surface area contributed by atoms with Crippen LogP contribution in [0.1, 0.15) is 25.7 Å². The molecule has 0 unspecified atom stereocenters. The van der Waals surface area contributed by atoms with Gasteiger partial charge in [-0.25, -0.2) is 9.97 Å². The van der Waals surface area contributed by atoms with E-state index in [1.54, 1.807) is 30.6 Å². The van der Waals surface area contributed by atoms with Crippen molar-refractivity contribution in [1.82, 2.24) is 15.0 Å². The molecule has 5 nitrogen and oxygen atoms in total. The summed E-state index contributed by atoms with van der Waals surface area (Å²) in [6.07, 6.45) is 5.08. The zero-order chi connectivity index (χ0) is 20.2. The van der Waals surface area contributed by atoms with E-state index in [2.05, 4.69) is 15.0 Å². The molecule has 0 radical (unpaired) electrons. The van der Waals surface area contributed by atoms with E-state index in [1.165, 1.54) is 22.7 Å². The topological polar surface area (TPSA) is 72.8 Å². The van der Waals surface area contributed by atoms with Gasteiger partial charge >= 0.3 is 0 Å². The fourth-order valence-electron chi connectivity index (χ4n) is 3.60. The minimum Gasteiger partial charge on any atom is -0.288 e. The van der Waals surface area contributed by atoms with Crippen LogP contribution >= 0.6 is 22.7 Å². The first kappa shape index (κ1) is 17.3. The van der Waals surface area contributed by atoms with E-state index in [0.29, 0.717) is 16.1 Å². The van der Waals surface area contributed by atoms with Crippen LogP contribution in [0.2, 0.25) is 0 Å². The SMILES string of the molecule is O=C1C(=Cc2nc3sc(-c4cccnc4)nc3s2)C(=O)c2cc3ccccc3cc21. The van der Waals surface area contributed by atoms with E-state index < -0.39 is 0 Å². The Morgan fingerprint density at radius 3 is 2.13 bits per heavy atom. The van der Waals surface area contributed by atoms with Crippen LogP contribution in [-0.2, 0) is 0 Å². The minimum atomic E-state index is -0.247. The molecule has 0 amide bonds. The smallest absolute Gasteiger partial charge is 0.197 e. The number of aromatic nitrogens is 3. The van der Waals surface area contributed by atoms with Crippen LogP contribution in [0, 0.1) is 0 Å². The first-order valence-electron chi connectivity index (χ1n) is 9.19. The van der Waals surface area contributed by atoms with Crippen LogP contribution in [-0.4, -0.2) is 26.5 Å². The lowest BCUT2D eigenvalue weighted by Gasteiger charge is -2.00. The van der Waals surface area contributed by atoms with Gasteiger partial charge < -0.3 is 0 Å². The van der Waals surface area contributed by atoms with Crippen molar-refractivity contribution in [3.05, 3.63) is 82.6 Å². The Labute approximate surface area is 178 Å². The number of carbonyl (C=O) groups is 2. The summed E-state index contributed by atoms with van der Waals surface area (Å²) in [4.78, 5) is 40.7. The lowest BCUT2D eigenvalue weighted by atomic mass is 10.0. The number of rotatable bonds is 2. The largest absolute Gasteiger partial charge is 0.288 e. The van der Waals surface area contributed by atoms with Crippen LogP contribution in [0.15, 0.2) is 66.5 Å². The van der Waals surface area contributed by atoms with Gasteiger partial charge in [-0.1, -0.05) is 46.9 Å². The number of benzene rings is 2. The van der Waals surface area contributed by atoms with Crippen LogP contribution in [0.25, 0.3) is 37.1 Å². The highest BCUT2D eigenvalue weighted by atomic mass is 32.1. The van der Waals surface area contributed by atoms with Gasteiger partial charge in [-0.05, 0) is 41.1 Å². The Morgan fingerprint density at radius 1 is 0.800 bits per heavy atom. The summed E-state index contributed by atoms with van der Waals surface area (Å²) in [5, 5.41) is 3.35. The molecule has 0 spiro atoms. The third-order valence-electron chi connectivity index (χ3n) is 5.03. The molecule has 7 heteroatoms. The van der Waals surface area contributed by atoms with E-state index in [9.17, 15) is 9.59 Å². The Hall–Kier alpha value is -3.55. The Balaban J connectivity index is 1.39. The molecule has 3 aromatic heterocycles. The number of allylic oxidation sites excluding steroid dienone is 1. The molecule has 30 heavy (non-hydrogen) atoms. The highest BCUT2D eigenvalue weighted by molar-refractivity contribution is 7.28. The molecule has 142 valence electrons. The highest BCUT2D eigenvalue weighted by Crippen LogP contribution is 2.35. The van der Waals surface area contributed by atoms with Gasteiger partial charge in [0.25, 0.3) is 0 Å². The summed E-state index contributed by atoms with van der Waals surface area (Å²) in [5.41, 5.74) is 2.02. The third kappa shape index (κ3) is 2.63. The molecule has 3 heterocycles. The van der Waals surface area contributed by atoms with Crippen molar-refractivity contribution in [3.8, 4) is 10.6 Å². The predicted octanol–water partition coefficient (Wildman–Crippen LogP) is 5.43. The number of Topliss-reactive ketones (excluding diaryl/α,β-unsaturated/α-hetero) is 2. The van der Waals surface area contributed by atoms with Crippen molar-refractivity contribution in [1.29, 1.82) is 0 Å². The number of carbonyl (C=O) groups excluding carboxylic acids is 2. The Bertz CT molecular complexity index is 1440. The number of pyridine rings is 1. The van der Waals surface area contributed by atoms with Crippen LogP contribution in [0.3, 0.4) is 0 Å². The second-order valence-electron chi connectivity index (χ2n) is 6.88. The minimum absolute atomic E-state index is 0.161. The van der Waals surface area contributed by atoms with E-state index in [4.69, 9.17) is 0 Å². The summed E-state index contributed by atoms with van der Waals surface area (Å²) >= 11 is 2.84. The van der Waals surface area contributed by atoms with Gasteiger partial charge in [-0.3, -0.25) is 14.6 Å². The Kier molecular flexibility index (Phi) is 3.74. The average Bonchev–Trinajstić information content (AvgIpc) is 3.41. The number of nitrogens with zero attached hydrogens (tertiary/aromatic N) is 3. The molecule has 6 rings (SSSR count). The second-order valence-corrected chi connectivity index (χ2v) is 8.87. The molecular formula is C23H11N3O2S2. The van der Waals surface area contributed by atoms with Gasteiger partial charge in [-0.2, -0.15) is 0 Å². The normalized spacial score (nSPS) is 13.4. The molecule has 0 fully saturated rings. The average molecular weight is 425 g/mol. The fourth-order valence-corrected chi connectivity index (χ4v) is 5.58. The zero-order valence-electron chi connectivity index (χ0n) is 15.3. The summed E-state index contributed by atoms with van der Waals surface area (Å²) in [6, 6.07) is 15.1. The van der Waals surface area contributed by atoms with Gasteiger partial charge in [-0.15, -0.1) is 0 Å². The quantitative estimate of drug-likeness (QED) is 0.278. The zero-order valence-corrected chi connectivity index (χ0v) is 17.0. The molecule has 0 bridgehead atoms. The van der Waals surface area contributed by atoms with Crippen LogP contribution < -0.4 is 0 Å². The molecule has 0 aliphatic heterocycles. The lowest BCUT2D eigenvalue weighted by Crippen LogP contribution is -1.99. The second kappa shape index (κ2) is 6.48. The number of hydrogen-bond donors (Lipinski definition) is 0. The molecule has 1 aliphatic carbocycles. The van der Waals surface area contributed by atoms with Crippen molar-refractivity contribution in [2.45, 2.75) is 0 Å². The maximum atomic E-state index is 12.9. The first-order chi connectivity index (χ1) is 14.7. The van der Waals surface area contributed by atoms with E-state index in [-0.39, 0.29) is 17.1 Å². The number of thiazole rings is 2. The van der Waals surface area contributed by atoms with E-state index in [0.717, 1.165) is 31.0 Å². The third-order valence-corrected chi connectivity index (χ3v) is 7.06. The Morgan fingerprint density at radius 2 is 1.50 bits per heavy atom. The maximum Gasteiger partial charge on any atom is 0.197 e. The highest BCUT2D eigenvalue weighted by Gasteiger charge is 2.33. The van der Waals surface area contributed by atoms with Gasteiger partial charge in [0.05, 0.1) is 5.57 Å². The molecule has 0 N–H and O–H groups in total. The number of ketones is 2.